The minimum Gasteiger partial charge on any atom is -0.366 e. The molecule has 3 nitrogen and oxygen atoms in total. The summed E-state index contributed by atoms with van der Waals surface area (Å²) in [6, 6.07) is 32.0. The summed E-state index contributed by atoms with van der Waals surface area (Å²) in [5.41, 5.74) is 3.11. The zero-order chi connectivity index (χ0) is 18.0. The van der Waals surface area contributed by atoms with Crippen LogP contribution in [0.1, 0.15) is 28.9 Å². The van der Waals surface area contributed by atoms with Crippen LogP contribution in [-0.2, 0) is 16.1 Å². The highest BCUT2D eigenvalue weighted by Gasteiger charge is 2.26. The highest BCUT2D eigenvalue weighted by atomic mass is 16.5. The maximum absolute atomic E-state index is 9.01. The molecule has 3 aromatic carbocycles. The molecule has 0 saturated heterocycles. The van der Waals surface area contributed by atoms with E-state index in [0.29, 0.717) is 6.61 Å². The Morgan fingerprint density at radius 3 is 1.62 bits per heavy atom. The molecule has 3 rings (SSSR count). The van der Waals surface area contributed by atoms with E-state index in [2.05, 4.69) is 6.07 Å². The Balaban J connectivity index is 1.90. The molecule has 0 bridgehead atoms. The van der Waals surface area contributed by atoms with Crippen LogP contribution in [0.15, 0.2) is 91.0 Å². The second kappa shape index (κ2) is 9.53. The summed E-state index contributed by atoms with van der Waals surface area (Å²) < 4.78 is 12.2. The average molecular weight is 343 g/mol. The largest absolute Gasteiger partial charge is 0.366 e. The van der Waals surface area contributed by atoms with Gasteiger partial charge in [-0.05, 0) is 16.7 Å². The fourth-order valence-corrected chi connectivity index (χ4v) is 2.89. The Labute approximate surface area is 154 Å². The highest BCUT2D eigenvalue weighted by molar-refractivity contribution is 5.26. The first-order valence-electron chi connectivity index (χ1n) is 8.62. The third-order valence-electron chi connectivity index (χ3n) is 4.13. The van der Waals surface area contributed by atoms with Crippen molar-refractivity contribution >= 4 is 0 Å². The monoisotopic (exact) mass is 343 g/mol. The number of hydrogen-bond acceptors (Lipinski definition) is 3. The summed E-state index contributed by atoms with van der Waals surface area (Å²) >= 11 is 0. The van der Waals surface area contributed by atoms with Crippen molar-refractivity contribution in [3.63, 3.8) is 0 Å². The summed E-state index contributed by atoms with van der Waals surface area (Å²) in [6.07, 6.45) is -0.672. The van der Waals surface area contributed by atoms with Crippen molar-refractivity contribution in [2.45, 2.75) is 18.8 Å². The van der Waals surface area contributed by atoms with Gasteiger partial charge in [0.2, 0.25) is 0 Å². The number of nitrogens with zero attached hydrogens (tertiary/aromatic N) is 1. The van der Waals surface area contributed by atoms with Crippen molar-refractivity contribution in [2.24, 2.45) is 0 Å². The van der Waals surface area contributed by atoms with E-state index in [-0.39, 0.29) is 18.8 Å². The van der Waals surface area contributed by atoms with Crippen LogP contribution < -0.4 is 0 Å². The normalized spacial score (nSPS) is 12.9. The molecule has 0 heterocycles. The van der Waals surface area contributed by atoms with Crippen LogP contribution in [0.2, 0.25) is 0 Å². The van der Waals surface area contributed by atoms with E-state index in [0.717, 1.165) is 16.7 Å². The first-order chi connectivity index (χ1) is 12.9. The summed E-state index contributed by atoms with van der Waals surface area (Å²) in [5.74, 6) is 0. The van der Waals surface area contributed by atoms with E-state index in [4.69, 9.17) is 14.7 Å². The average Bonchev–Trinajstić information content (AvgIpc) is 2.72. The zero-order valence-corrected chi connectivity index (χ0v) is 14.5. The van der Waals surface area contributed by atoms with Crippen LogP contribution >= 0.6 is 0 Å². The predicted octanol–water partition coefficient (Wildman–Crippen LogP) is 5.23. The Bertz CT molecular complexity index is 813. The third-order valence-corrected chi connectivity index (χ3v) is 4.13. The minimum atomic E-state index is -0.359. The van der Waals surface area contributed by atoms with Crippen molar-refractivity contribution in [1.82, 2.24) is 0 Å². The fourth-order valence-electron chi connectivity index (χ4n) is 2.89. The number of benzene rings is 3. The summed E-state index contributed by atoms with van der Waals surface area (Å²) in [4.78, 5) is 0. The van der Waals surface area contributed by atoms with Gasteiger partial charge in [0.1, 0.15) is 18.8 Å². The number of rotatable bonds is 8. The molecule has 0 spiro atoms. The van der Waals surface area contributed by atoms with E-state index in [1.54, 1.807) is 0 Å². The van der Waals surface area contributed by atoms with Gasteiger partial charge in [0, 0.05) is 0 Å². The second-order valence-electron chi connectivity index (χ2n) is 5.93. The molecule has 0 saturated carbocycles. The highest BCUT2D eigenvalue weighted by Crippen LogP contribution is 2.35. The van der Waals surface area contributed by atoms with Crippen molar-refractivity contribution < 1.29 is 9.47 Å². The standard InChI is InChI=1S/C23H21NO2/c24-16-17-25-22(20-12-6-2-7-13-20)23(21-14-8-3-9-15-21)26-18-19-10-4-1-5-11-19/h1-15,22-23H,17-18H2/t22-,23-/m0/s1. The topological polar surface area (TPSA) is 42.2 Å². The van der Waals surface area contributed by atoms with Gasteiger partial charge in [-0.3, -0.25) is 0 Å². The van der Waals surface area contributed by atoms with Crippen molar-refractivity contribution in [3.8, 4) is 6.07 Å². The van der Waals surface area contributed by atoms with E-state index >= 15 is 0 Å². The van der Waals surface area contributed by atoms with Gasteiger partial charge >= 0.3 is 0 Å². The molecule has 0 unspecified atom stereocenters. The molecule has 3 heteroatoms. The minimum absolute atomic E-state index is 0.0115. The summed E-state index contributed by atoms with van der Waals surface area (Å²) in [5, 5.41) is 9.01. The maximum Gasteiger partial charge on any atom is 0.134 e. The lowest BCUT2D eigenvalue weighted by molar-refractivity contribution is -0.0767. The van der Waals surface area contributed by atoms with Gasteiger partial charge in [-0.2, -0.15) is 5.26 Å². The number of hydrogen-bond donors (Lipinski definition) is 0. The number of nitriles is 1. The molecule has 26 heavy (non-hydrogen) atoms. The zero-order valence-electron chi connectivity index (χ0n) is 14.5. The Morgan fingerprint density at radius 1 is 0.654 bits per heavy atom. The molecule has 3 aromatic rings. The van der Waals surface area contributed by atoms with Gasteiger partial charge in [-0.15, -0.1) is 0 Å². The van der Waals surface area contributed by atoms with Crippen molar-refractivity contribution in [2.75, 3.05) is 6.61 Å². The number of ether oxygens (including phenoxy) is 2. The Kier molecular flexibility index (Phi) is 6.55. The van der Waals surface area contributed by atoms with Gasteiger partial charge in [-0.1, -0.05) is 91.0 Å². The van der Waals surface area contributed by atoms with Crippen LogP contribution in [0.4, 0.5) is 0 Å². The Hall–Kier alpha value is -2.93. The third kappa shape index (κ3) is 4.80. The predicted molar refractivity (Wildman–Crippen MR) is 101 cm³/mol. The van der Waals surface area contributed by atoms with Gasteiger partial charge in [-0.25, -0.2) is 0 Å². The first kappa shape index (κ1) is 17.9. The molecule has 0 N–H and O–H groups in total. The van der Waals surface area contributed by atoms with Crippen LogP contribution in [0.25, 0.3) is 0 Å². The van der Waals surface area contributed by atoms with E-state index in [1.807, 2.05) is 91.0 Å². The van der Waals surface area contributed by atoms with Gasteiger partial charge in [0.15, 0.2) is 0 Å². The second-order valence-corrected chi connectivity index (χ2v) is 5.93. The Morgan fingerprint density at radius 2 is 1.12 bits per heavy atom. The molecular formula is C23H21NO2. The van der Waals surface area contributed by atoms with Gasteiger partial charge in [0.05, 0.1) is 12.7 Å². The molecule has 0 aromatic heterocycles. The smallest absolute Gasteiger partial charge is 0.134 e. The summed E-state index contributed by atoms with van der Waals surface area (Å²) in [7, 11) is 0. The molecule has 0 fully saturated rings. The van der Waals surface area contributed by atoms with Gasteiger partial charge in [0.25, 0.3) is 0 Å². The molecular weight excluding hydrogens is 322 g/mol. The van der Waals surface area contributed by atoms with Crippen LogP contribution in [0.3, 0.4) is 0 Å². The quantitative estimate of drug-likeness (QED) is 0.563. The van der Waals surface area contributed by atoms with E-state index in [1.165, 1.54) is 0 Å². The van der Waals surface area contributed by atoms with Crippen LogP contribution in [-0.4, -0.2) is 6.61 Å². The van der Waals surface area contributed by atoms with E-state index in [9.17, 15) is 0 Å². The molecule has 0 aliphatic heterocycles. The molecule has 130 valence electrons. The van der Waals surface area contributed by atoms with Crippen LogP contribution in [0, 0.1) is 11.3 Å². The van der Waals surface area contributed by atoms with Crippen molar-refractivity contribution in [3.05, 3.63) is 108 Å². The van der Waals surface area contributed by atoms with E-state index < -0.39 is 0 Å². The molecule has 2 atom stereocenters. The molecule has 0 radical (unpaired) electrons. The fraction of sp³-hybridized carbons (Fsp3) is 0.174. The lowest BCUT2D eigenvalue weighted by atomic mass is 9.98. The molecule has 0 amide bonds. The molecule has 0 aliphatic carbocycles. The lowest BCUT2D eigenvalue weighted by Crippen LogP contribution is -2.18. The molecule has 0 aliphatic rings. The summed E-state index contributed by atoms with van der Waals surface area (Å²) in [6.45, 7) is 0.483. The lowest BCUT2D eigenvalue weighted by Gasteiger charge is -2.28. The van der Waals surface area contributed by atoms with Crippen molar-refractivity contribution in [1.29, 1.82) is 5.26 Å². The van der Waals surface area contributed by atoms with Gasteiger partial charge < -0.3 is 9.47 Å². The first-order valence-corrected chi connectivity index (χ1v) is 8.62. The SMILES string of the molecule is N#CCO[C@@H](c1ccccc1)[C@@H](OCc1ccccc1)c1ccccc1. The van der Waals surface area contributed by atoms with Crippen LogP contribution in [0.5, 0.6) is 0 Å². The maximum atomic E-state index is 9.01.